The number of nitrogens with one attached hydrogen (secondary N) is 4. The van der Waals surface area contributed by atoms with Gasteiger partial charge in [-0.3, -0.25) is 14.4 Å². The summed E-state index contributed by atoms with van der Waals surface area (Å²) in [5.41, 5.74) is 0.567. The van der Waals surface area contributed by atoms with Crippen molar-refractivity contribution >= 4 is 23.7 Å². The number of imidazole rings is 1. The third kappa shape index (κ3) is 15.0. The third-order valence-corrected chi connectivity index (χ3v) is 5.51. The van der Waals surface area contributed by atoms with E-state index in [1.807, 2.05) is 0 Å². The molecule has 0 saturated carbocycles. The Labute approximate surface area is 202 Å². The zero-order chi connectivity index (χ0) is 25.0. The summed E-state index contributed by atoms with van der Waals surface area (Å²) in [4.78, 5) is 53.6. The van der Waals surface area contributed by atoms with E-state index in [-0.39, 0.29) is 25.4 Å². The first-order valence-electron chi connectivity index (χ1n) is 12.4. The Bertz CT molecular complexity index is 723. The summed E-state index contributed by atoms with van der Waals surface area (Å²) in [6.45, 7) is 1.63. The minimum absolute atomic E-state index is 0.0458. The molecule has 0 bridgehead atoms. The highest BCUT2D eigenvalue weighted by molar-refractivity contribution is 5.89. The van der Waals surface area contributed by atoms with Crippen LogP contribution in [0.5, 0.6) is 0 Å². The number of carboxylic acid groups (broad SMARTS) is 1. The maximum Gasteiger partial charge on any atom is 0.326 e. The van der Waals surface area contributed by atoms with Gasteiger partial charge in [-0.25, -0.2) is 9.78 Å². The van der Waals surface area contributed by atoms with Gasteiger partial charge in [0.2, 0.25) is 17.7 Å². The molecule has 3 amide bonds. The van der Waals surface area contributed by atoms with Crippen molar-refractivity contribution in [2.24, 2.45) is 0 Å². The van der Waals surface area contributed by atoms with Gasteiger partial charge < -0.3 is 26.0 Å². The number of aromatic nitrogens is 2. The number of aliphatic carboxylic acids is 1. The fourth-order valence-corrected chi connectivity index (χ4v) is 3.52. The number of carboxylic acids is 1. The van der Waals surface area contributed by atoms with Crippen LogP contribution in [0.15, 0.2) is 12.5 Å². The maximum absolute atomic E-state index is 12.0. The Morgan fingerprint density at radius 3 is 1.97 bits per heavy atom. The molecule has 10 heteroatoms. The van der Waals surface area contributed by atoms with Gasteiger partial charge in [-0.1, -0.05) is 71.1 Å². The number of carbonyl (C=O) groups excluding carboxylic acids is 3. The van der Waals surface area contributed by atoms with E-state index in [1.165, 1.54) is 63.9 Å². The molecule has 1 heterocycles. The van der Waals surface area contributed by atoms with E-state index in [1.54, 1.807) is 0 Å². The number of rotatable bonds is 20. The molecular weight excluding hydrogens is 438 g/mol. The third-order valence-electron chi connectivity index (χ3n) is 5.51. The Kier molecular flexibility index (Phi) is 15.9. The van der Waals surface area contributed by atoms with Crippen molar-refractivity contribution in [1.29, 1.82) is 0 Å². The first-order valence-corrected chi connectivity index (χ1v) is 12.4. The molecule has 1 aromatic heterocycles. The van der Waals surface area contributed by atoms with Crippen LogP contribution >= 0.6 is 0 Å². The lowest BCUT2D eigenvalue weighted by molar-refractivity contribution is -0.141. The van der Waals surface area contributed by atoms with Gasteiger partial charge in [0.05, 0.1) is 19.4 Å². The molecule has 0 saturated heterocycles. The van der Waals surface area contributed by atoms with E-state index in [2.05, 4.69) is 32.8 Å². The molecule has 1 rings (SSSR count). The molecule has 0 fully saturated rings. The molecule has 1 atom stereocenters. The van der Waals surface area contributed by atoms with Crippen LogP contribution in [0.25, 0.3) is 0 Å². The fourth-order valence-electron chi connectivity index (χ4n) is 3.52. The monoisotopic (exact) mass is 479 g/mol. The molecule has 0 aliphatic rings. The second-order valence-corrected chi connectivity index (χ2v) is 8.58. The minimum Gasteiger partial charge on any atom is -0.480 e. The molecule has 0 aliphatic carbocycles. The van der Waals surface area contributed by atoms with Crippen molar-refractivity contribution in [3.63, 3.8) is 0 Å². The second kappa shape index (κ2) is 18.5. The summed E-state index contributed by atoms with van der Waals surface area (Å²) in [7, 11) is 0. The van der Waals surface area contributed by atoms with Crippen LogP contribution in [-0.4, -0.2) is 57.9 Å². The van der Waals surface area contributed by atoms with E-state index in [9.17, 15) is 24.3 Å². The number of aromatic amines is 1. The molecule has 0 aromatic carbocycles. The number of amides is 3. The van der Waals surface area contributed by atoms with Crippen LogP contribution < -0.4 is 16.0 Å². The lowest BCUT2D eigenvalue weighted by Crippen LogP contribution is -2.47. The van der Waals surface area contributed by atoms with Crippen LogP contribution in [0.2, 0.25) is 0 Å². The second-order valence-electron chi connectivity index (χ2n) is 8.58. The molecular formula is C24H41N5O5. The van der Waals surface area contributed by atoms with Gasteiger partial charge in [0, 0.05) is 24.7 Å². The van der Waals surface area contributed by atoms with Crippen LogP contribution in [0.3, 0.4) is 0 Å². The van der Waals surface area contributed by atoms with E-state index < -0.39 is 23.8 Å². The van der Waals surface area contributed by atoms with Gasteiger partial charge in [0.1, 0.15) is 6.04 Å². The Hall–Kier alpha value is -2.91. The van der Waals surface area contributed by atoms with E-state index in [0.717, 1.165) is 19.3 Å². The van der Waals surface area contributed by atoms with Gasteiger partial charge in [0.15, 0.2) is 0 Å². The topological polar surface area (TPSA) is 153 Å². The first-order chi connectivity index (χ1) is 16.4. The van der Waals surface area contributed by atoms with Gasteiger partial charge in [-0.2, -0.15) is 0 Å². The molecule has 1 aromatic rings. The smallest absolute Gasteiger partial charge is 0.326 e. The normalized spacial score (nSPS) is 11.6. The van der Waals surface area contributed by atoms with Gasteiger partial charge in [0.25, 0.3) is 0 Å². The van der Waals surface area contributed by atoms with Crippen molar-refractivity contribution in [1.82, 2.24) is 25.9 Å². The van der Waals surface area contributed by atoms with Crippen molar-refractivity contribution in [2.45, 2.75) is 96.4 Å². The molecule has 0 radical (unpaired) electrons. The summed E-state index contributed by atoms with van der Waals surface area (Å²) < 4.78 is 0. The zero-order valence-electron chi connectivity index (χ0n) is 20.4. The Morgan fingerprint density at radius 2 is 1.41 bits per heavy atom. The van der Waals surface area contributed by atoms with Crippen molar-refractivity contribution in [3.05, 3.63) is 18.2 Å². The number of nitrogens with zero attached hydrogens (tertiary/aromatic N) is 1. The number of hydrogen-bond donors (Lipinski definition) is 5. The number of hydrogen-bond acceptors (Lipinski definition) is 5. The summed E-state index contributed by atoms with van der Waals surface area (Å²) in [6.07, 6.45) is 16.6. The van der Waals surface area contributed by atoms with E-state index >= 15 is 0 Å². The van der Waals surface area contributed by atoms with Crippen molar-refractivity contribution in [2.75, 3.05) is 13.1 Å². The zero-order valence-corrected chi connectivity index (χ0v) is 20.4. The first kappa shape index (κ1) is 29.1. The fraction of sp³-hybridized carbons (Fsp3) is 0.708. The molecule has 0 unspecified atom stereocenters. The number of carbonyl (C=O) groups is 4. The Balaban J connectivity index is 2.04. The highest BCUT2D eigenvalue weighted by Crippen LogP contribution is 2.11. The maximum atomic E-state index is 12.0. The molecule has 0 spiro atoms. The molecule has 34 heavy (non-hydrogen) atoms. The SMILES string of the molecule is CCCCCCCCCCCCCC(=O)NCC(=O)NCC(=O)N[C@@H](Cc1cnc[nH]1)C(=O)O. The van der Waals surface area contributed by atoms with E-state index in [4.69, 9.17) is 0 Å². The highest BCUT2D eigenvalue weighted by Gasteiger charge is 2.21. The van der Waals surface area contributed by atoms with Crippen LogP contribution in [0.1, 0.15) is 89.7 Å². The predicted octanol–water partition coefficient (Wildman–Crippen LogP) is 2.46. The average Bonchev–Trinajstić information content (AvgIpc) is 3.32. The van der Waals surface area contributed by atoms with Crippen LogP contribution in [0.4, 0.5) is 0 Å². The molecule has 0 aliphatic heterocycles. The molecule has 192 valence electrons. The van der Waals surface area contributed by atoms with Gasteiger partial charge in [-0.05, 0) is 6.42 Å². The molecule has 5 N–H and O–H groups in total. The minimum atomic E-state index is -1.19. The quantitative estimate of drug-likeness (QED) is 0.181. The van der Waals surface area contributed by atoms with Crippen LogP contribution in [0, 0.1) is 0 Å². The van der Waals surface area contributed by atoms with Gasteiger partial charge >= 0.3 is 5.97 Å². The average molecular weight is 480 g/mol. The predicted molar refractivity (Wildman–Crippen MR) is 129 cm³/mol. The summed E-state index contributed by atoms with van der Waals surface area (Å²) in [5, 5.41) is 16.5. The summed E-state index contributed by atoms with van der Waals surface area (Å²) in [5.74, 6) is -2.53. The van der Waals surface area contributed by atoms with E-state index in [0.29, 0.717) is 12.1 Å². The summed E-state index contributed by atoms with van der Waals surface area (Å²) >= 11 is 0. The van der Waals surface area contributed by atoms with Crippen molar-refractivity contribution in [3.8, 4) is 0 Å². The highest BCUT2D eigenvalue weighted by atomic mass is 16.4. The lowest BCUT2D eigenvalue weighted by atomic mass is 10.1. The van der Waals surface area contributed by atoms with Gasteiger partial charge in [-0.15, -0.1) is 0 Å². The molecule has 10 nitrogen and oxygen atoms in total. The standard InChI is InChI=1S/C24H41N5O5/c1-2-3-4-5-6-7-8-9-10-11-12-13-21(30)26-16-22(31)27-17-23(32)29-20(24(33)34)14-19-15-25-18-28-19/h15,18,20H,2-14,16-17H2,1H3,(H,25,28)(H,26,30)(H,27,31)(H,29,32)(H,33,34)/t20-/m0/s1. The number of unbranched alkanes of at least 4 members (excludes halogenated alkanes) is 10. The lowest BCUT2D eigenvalue weighted by Gasteiger charge is -2.14. The number of H-pyrrole nitrogens is 1. The van der Waals surface area contributed by atoms with Crippen LogP contribution in [-0.2, 0) is 25.6 Å². The largest absolute Gasteiger partial charge is 0.480 e. The Morgan fingerprint density at radius 1 is 0.853 bits per heavy atom. The summed E-state index contributed by atoms with van der Waals surface area (Å²) in [6, 6.07) is -1.14. The van der Waals surface area contributed by atoms with Crippen molar-refractivity contribution < 1.29 is 24.3 Å².